The summed E-state index contributed by atoms with van der Waals surface area (Å²) in [5.41, 5.74) is -16.3. The van der Waals surface area contributed by atoms with Crippen molar-refractivity contribution in [1.29, 1.82) is 0 Å². The third kappa shape index (κ3) is 5.80. The number of benzene rings is 3. The second-order valence-electron chi connectivity index (χ2n) is 7.37. The van der Waals surface area contributed by atoms with Crippen LogP contribution in [0.4, 0.5) is 26.3 Å². The first kappa shape index (κ1) is 29.4. The molecular formula is C22H13ClF6O7S2. The van der Waals surface area contributed by atoms with Crippen LogP contribution in [0.3, 0.4) is 0 Å². The summed E-state index contributed by atoms with van der Waals surface area (Å²) in [7, 11) is -12.6. The molecule has 0 aliphatic carbocycles. The van der Waals surface area contributed by atoms with Gasteiger partial charge in [0, 0.05) is 10.6 Å². The highest BCUT2D eigenvalue weighted by Gasteiger charge is 2.56. The van der Waals surface area contributed by atoms with E-state index < -0.39 is 59.5 Å². The zero-order chi connectivity index (χ0) is 28.6. The minimum Gasteiger partial charge on any atom is -0.376 e. The number of rotatable bonds is 8. The van der Waals surface area contributed by atoms with E-state index in [-0.39, 0.29) is 10.6 Å². The summed E-state index contributed by atoms with van der Waals surface area (Å²) in [5.74, 6) is -2.26. The van der Waals surface area contributed by atoms with Crippen LogP contribution in [0.15, 0.2) is 78.9 Å². The highest BCUT2D eigenvalue weighted by Crippen LogP contribution is 2.43. The first-order valence-electron chi connectivity index (χ1n) is 9.90. The van der Waals surface area contributed by atoms with Crippen LogP contribution in [-0.4, -0.2) is 33.6 Å². The van der Waals surface area contributed by atoms with Crippen LogP contribution in [0.5, 0.6) is 5.75 Å². The molecule has 0 amide bonds. The fourth-order valence-corrected chi connectivity index (χ4v) is 4.45. The Morgan fingerprint density at radius 2 is 1.11 bits per heavy atom. The fourth-order valence-electron chi connectivity index (χ4n) is 3.17. The zero-order valence-electron chi connectivity index (χ0n) is 18.3. The van der Waals surface area contributed by atoms with Gasteiger partial charge in [0.2, 0.25) is 11.4 Å². The molecule has 16 heteroatoms. The normalized spacial score (nSPS) is 14.5. The molecule has 0 aliphatic heterocycles. The maximum atomic E-state index is 13.7. The van der Waals surface area contributed by atoms with Gasteiger partial charge in [0.1, 0.15) is 5.75 Å². The van der Waals surface area contributed by atoms with Gasteiger partial charge < -0.3 is 4.18 Å². The van der Waals surface area contributed by atoms with Crippen molar-refractivity contribution in [3.63, 3.8) is 0 Å². The molecule has 7 nitrogen and oxygen atoms in total. The number of carbonyl (C=O) groups is 1. The highest BCUT2D eigenvalue weighted by atomic mass is 35.5. The predicted molar refractivity (Wildman–Crippen MR) is 121 cm³/mol. The molecule has 3 aromatic carbocycles. The molecule has 1 atom stereocenters. The minimum absolute atomic E-state index is 0.0505. The van der Waals surface area contributed by atoms with Gasteiger partial charge in [-0.15, -0.1) is 0 Å². The van der Waals surface area contributed by atoms with Gasteiger partial charge in [-0.1, -0.05) is 66.2 Å². The number of hydrogen-bond donors (Lipinski definition) is 0. The smallest absolute Gasteiger partial charge is 0.376 e. The average Bonchev–Trinajstić information content (AvgIpc) is 2.82. The first-order valence-corrected chi connectivity index (χ1v) is 13.1. The summed E-state index contributed by atoms with van der Waals surface area (Å²) in [4.78, 5) is 13.7. The molecule has 3 aromatic rings. The van der Waals surface area contributed by atoms with Crippen molar-refractivity contribution in [2.75, 3.05) is 0 Å². The standard InChI is InChI=1S/C22H13ClF6O7S2/c23-17-10-6-15(7-11-17)20(36-38(33,34)22(27,28)29,19(30)14-4-2-1-3-5-14)16-8-12-18(13-9-16)35-37(31,32)21(24,25)26/h1-13H. The molecule has 0 radical (unpaired) electrons. The Hall–Kier alpha value is -3.14. The molecular weight excluding hydrogens is 590 g/mol. The number of halogens is 7. The van der Waals surface area contributed by atoms with Crippen molar-refractivity contribution in [3.8, 4) is 5.75 Å². The van der Waals surface area contributed by atoms with Crippen LogP contribution in [0.25, 0.3) is 0 Å². The lowest BCUT2D eigenvalue weighted by Gasteiger charge is -2.33. The first-order chi connectivity index (χ1) is 17.4. The fraction of sp³-hybridized carbons (Fsp3) is 0.136. The van der Waals surface area contributed by atoms with Crippen LogP contribution in [-0.2, 0) is 30.0 Å². The highest BCUT2D eigenvalue weighted by molar-refractivity contribution is 7.88. The third-order valence-corrected chi connectivity index (χ3v) is 7.14. The number of carbonyl (C=O) groups excluding carboxylic acids is 1. The summed E-state index contributed by atoms with van der Waals surface area (Å²) < 4.78 is 134. The van der Waals surface area contributed by atoms with Gasteiger partial charge in [-0.25, -0.2) is 4.18 Å². The Balaban J connectivity index is 2.31. The van der Waals surface area contributed by atoms with Crippen LogP contribution in [0.1, 0.15) is 21.5 Å². The molecule has 0 spiro atoms. The lowest BCUT2D eigenvalue weighted by Crippen LogP contribution is -2.44. The molecule has 0 N–H and O–H groups in total. The monoisotopic (exact) mass is 602 g/mol. The summed E-state index contributed by atoms with van der Waals surface area (Å²) in [5, 5.41) is 0.0505. The van der Waals surface area contributed by atoms with E-state index in [4.69, 9.17) is 11.6 Å². The average molecular weight is 603 g/mol. The molecule has 0 aromatic heterocycles. The lowest BCUT2D eigenvalue weighted by molar-refractivity contribution is -0.0602. The molecule has 0 heterocycles. The van der Waals surface area contributed by atoms with E-state index in [1.807, 2.05) is 0 Å². The molecule has 0 aliphatic rings. The lowest BCUT2D eigenvalue weighted by atomic mass is 9.80. The quantitative estimate of drug-likeness (QED) is 0.144. The molecule has 38 heavy (non-hydrogen) atoms. The van der Waals surface area contributed by atoms with E-state index in [1.165, 1.54) is 18.2 Å². The van der Waals surface area contributed by atoms with Crippen molar-refractivity contribution in [3.05, 3.63) is 101 Å². The van der Waals surface area contributed by atoms with Gasteiger partial charge in [-0.2, -0.15) is 43.2 Å². The second-order valence-corrected chi connectivity index (χ2v) is 10.9. The number of Topliss-reactive ketones (excluding diaryl/α,β-unsaturated/α-hetero) is 1. The summed E-state index contributed by atoms with van der Waals surface area (Å²) in [6.07, 6.45) is 0. The molecule has 3 rings (SSSR count). The molecule has 1 unspecified atom stereocenters. The van der Waals surface area contributed by atoms with Crippen LogP contribution in [0, 0.1) is 0 Å². The van der Waals surface area contributed by atoms with Crippen molar-refractivity contribution in [1.82, 2.24) is 0 Å². The Morgan fingerprint density at radius 1 is 0.658 bits per heavy atom. The van der Waals surface area contributed by atoms with Crippen LogP contribution >= 0.6 is 11.6 Å². The molecule has 204 valence electrons. The van der Waals surface area contributed by atoms with E-state index in [1.54, 1.807) is 0 Å². The third-order valence-electron chi connectivity index (χ3n) is 4.87. The Morgan fingerprint density at radius 3 is 1.55 bits per heavy atom. The van der Waals surface area contributed by atoms with Gasteiger partial charge in [0.15, 0.2) is 0 Å². The maximum absolute atomic E-state index is 13.7. The van der Waals surface area contributed by atoms with E-state index in [0.29, 0.717) is 24.3 Å². The summed E-state index contributed by atoms with van der Waals surface area (Å²) >= 11 is 5.84. The van der Waals surface area contributed by atoms with Crippen molar-refractivity contribution < 1.29 is 56.3 Å². The molecule has 0 saturated heterocycles. The van der Waals surface area contributed by atoms with E-state index in [0.717, 1.165) is 36.4 Å². The summed E-state index contributed by atoms with van der Waals surface area (Å²) in [6, 6.07) is 13.2. The Bertz CT molecular complexity index is 1520. The van der Waals surface area contributed by atoms with Gasteiger partial charge in [0.05, 0.1) is 0 Å². The topological polar surface area (TPSA) is 104 Å². The predicted octanol–water partition coefficient (Wildman–Crippen LogP) is 5.56. The minimum atomic E-state index is -6.50. The van der Waals surface area contributed by atoms with Crippen molar-refractivity contribution in [2.24, 2.45) is 0 Å². The molecule has 0 saturated carbocycles. The Kier molecular flexibility index (Phi) is 7.90. The van der Waals surface area contributed by atoms with E-state index >= 15 is 0 Å². The number of hydrogen-bond acceptors (Lipinski definition) is 7. The van der Waals surface area contributed by atoms with Crippen molar-refractivity contribution in [2.45, 2.75) is 16.6 Å². The van der Waals surface area contributed by atoms with Gasteiger partial charge >= 0.3 is 31.3 Å². The summed E-state index contributed by atoms with van der Waals surface area (Å²) in [6.45, 7) is 0. The van der Waals surface area contributed by atoms with Gasteiger partial charge in [0.25, 0.3) is 0 Å². The largest absolute Gasteiger partial charge is 0.534 e. The molecule has 0 fully saturated rings. The zero-order valence-corrected chi connectivity index (χ0v) is 20.7. The van der Waals surface area contributed by atoms with Gasteiger partial charge in [-0.05, 0) is 35.4 Å². The van der Waals surface area contributed by atoms with Crippen LogP contribution < -0.4 is 4.18 Å². The van der Waals surface area contributed by atoms with Crippen LogP contribution in [0.2, 0.25) is 5.02 Å². The number of alkyl halides is 6. The maximum Gasteiger partial charge on any atom is 0.534 e. The van der Waals surface area contributed by atoms with Gasteiger partial charge in [-0.3, -0.25) is 4.79 Å². The molecule has 0 bridgehead atoms. The van der Waals surface area contributed by atoms with E-state index in [2.05, 4.69) is 8.37 Å². The van der Waals surface area contributed by atoms with Crippen molar-refractivity contribution >= 4 is 37.6 Å². The Labute approximate surface area is 216 Å². The second kappa shape index (κ2) is 10.2. The van der Waals surface area contributed by atoms with E-state index in [9.17, 15) is 48.0 Å². The SMILES string of the molecule is O=C(c1ccccc1)C(OS(=O)(=O)C(F)(F)F)(c1ccc(Cl)cc1)c1ccc(OS(=O)(=O)C(F)(F)F)cc1. The number of ketones is 1.